The number of benzene rings is 1. The molecule has 1 atom stereocenters. The van der Waals surface area contributed by atoms with Crippen LogP contribution in [0.5, 0.6) is 0 Å². The molecule has 84 valence electrons. The molecule has 0 aliphatic rings. The molecule has 0 aliphatic carbocycles. The standard InChI is InChI=1S/C13H22N2/c1-3-15(2)13(11-14)10-9-12-7-5-4-6-8-12/h4-8,13H,3,9-11,14H2,1-2H3. The third-order valence-corrected chi connectivity index (χ3v) is 3.00. The minimum absolute atomic E-state index is 0.509. The Bertz CT molecular complexity index is 258. The van der Waals surface area contributed by atoms with Gasteiger partial charge in [0.1, 0.15) is 0 Å². The minimum atomic E-state index is 0.509. The van der Waals surface area contributed by atoms with Gasteiger partial charge in [0, 0.05) is 12.6 Å². The number of hydrogen-bond donors (Lipinski definition) is 1. The molecule has 2 N–H and O–H groups in total. The molecule has 0 aromatic heterocycles. The van der Waals surface area contributed by atoms with Crippen LogP contribution in [0.3, 0.4) is 0 Å². The molecule has 0 saturated carbocycles. The van der Waals surface area contributed by atoms with Crippen molar-refractivity contribution in [3.63, 3.8) is 0 Å². The smallest absolute Gasteiger partial charge is 0.0218 e. The highest BCUT2D eigenvalue weighted by Crippen LogP contribution is 2.07. The lowest BCUT2D eigenvalue weighted by molar-refractivity contribution is 0.247. The molecule has 0 radical (unpaired) electrons. The third-order valence-electron chi connectivity index (χ3n) is 3.00. The molecule has 0 fully saturated rings. The zero-order valence-corrected chi connectivity index (χ0v) is 9.82. The van der Waals surface area contributed by atoms with Gasteiger partial charge in [0.05, 0.1) is 0 Å². The predicted molar refractivity (Wildman–Crippen MR) is 65.9 cm³/mol. The number of aryl methyl sites for hydroxylation is 1. The normalized spacial score (nSPS) is 13.1. The van der Waals surface area contributed by atoms with Gasteiger partial charge in [0.25, 0.3) is 0 Å². The van der Waals surface area contributed by atoms with Crippen molar-refractivity contribution in [3.05, 3.63) is 35.9 Å². The molecule has 2 nitrogen and oxygen atoms in total. The molecule has 0 heterocycles. The minimum Gasteiger partial charge on any atom is -0.329 e. The van der Waals surface area contributed by atoms with Gasteiger partial charge in [-0.3, -0.25) is 0 Å². The Balaban J connectivity index is 2.41. The van der Waals surface area contributed by atoms with E-state index in [9.17, 15) is 0 Å². The van der Waals surface area contributed by atoms with Crippen molar-refractivity contribution < 1.29 is 0 Å². The summed E-state index contributed by atoms with van der Waals surface area (Å²) >= 11 is 0. The van der Waals surface area contributed by atoms with E-state index in [-0.39, 0.29) is 0 Å². The zero-order chi connectivity index (χ0) is 11.1. The van der Waals surface area contributed by atoms with Gasteiger partial charge in [-0.1, -0.05) is 37.3 Å². The van der Waals surface area contributed by atoms with E-state index >= 15 is 0 Å². The molecule has 15 heavy (non-hydrogen) atoms. The van der Waals surface area contributed by atoms with Gasteiger partial charge in [-0.2, -0.15) is 0 Å². The zero-order valence-electron chi connectivity index (χ0n) is 9.82. The molecule has 0 aliphatic heterocycles. The van der Waals surface area contributed by atoms with Crippen LogP contribution in [0.15, 0.2) is 30.3 Å². The Hall–Kier alpha value is -0.860. The lowest BCUT2D eigenvalue weighted by Gasteiger charge is -2.25. The van der Waals surface area contributed by atoms with Crippen molar-refractivity contribution in [2.24, 2.45) is 5.73 Å². The summed E-state index contributed by atoms with van der Waals surface area (Å²) in [4.78, 5) is 2.32. The van der Waals surface area contributed by atoms with Gasteiger partial charge in [0.2, 0.25) is 0 Å². The van der Waals surface area contributed by atoms with Crippen LogP contribution in [-0.2, 0) is 6.42 Å². The van der Waals surface area contributed by atoms with Gasteiger partial charge in [-0.15, -0.1) is 0 Å². The van der Waals surface area contributed by atoms with Crippen LogP contribution in [0.2, 0.25) is 0 Å². The molecule has 0 bridgehead atoms. The summed E-state index contributed by atoms with van der Waals surface area (Å²) in [6, 6.07) is 11.1. The Morgan fingerprint density at radius 1 is 1.27 bits per heavy atom. The van der Waals surface area contributed by atoms with Crippen molar-refractivity contribution >= 4 is 0 Å². The quantitative estimate of drug-likeness (QED) is 0.770. The summed E-state index contributed by atoms with van der Waals surface area (Å²) in [5, 5.41) is 0. The first-order valence-electron chi connectivity index (χ1n) is 5.72. The maximum absolute atomic E-state index is 5.77. The molecular weight excluding hydrogens is 184 g/mol. The summed E-state index contributed by atoms with van der Waals surface area (Å²) < 4.78 is 0. The molecule has 1 aromatic rings. The molecule has 0 amide bonds. The van der Waals surface area contributed by atoms with Crippen molar-refractivity contribution in [2.45, 2.75) is 25.8 Å². The van der Waals surface area contributed by atoms with Crippen LogP contribution in [0, 0.1) is 0 Å². The molecule has 0 spiro atoms. The van der Waals surface area contributed by atoms with Gasteiger partial charge in [-0.25, -0.2) is 0 Å². The fraction of sp³-hybridized carbons (Fsp3) is 0.538. The van der Waals surface area contributed by atoms with Crippen LogP contribution in [0.1, 0.15) is 18.9 Å². The highest BCUT2D eigenvalue weighted by atomic mass is 15.1. The summed E-state index contributed by atoms with van der Waals surface area (Å²) in [7, 11) is 2.14. The second-order valence-corrected chi connectivity index (χ2v) is 3.99. The van der Waals surface area contributed by atoms with E-state index in [1.807, 2.05) is 0 Å². The lowest BCUT2D eigenvalue weighted by atomic mass is 10.0. The van der Waals surface area contributed by atoms with Crippen molar-refractivity contribution in [2.75, 3.05) is 20.1 Å². The SMILES string of the molecule is CCN(C)C(CN)CCc1ccccc1. The first-order valence-corrected chi connectivity index (χ1v) is 5.72. The number of nitrogens with zero attached hydrogens (tertiary/aromatic N) is 1. The van der Waals surface area contributed by atoms with Crippen molar-refractivity contribution in [1.82, 2.24) is 4.90 Å². The van der Waals surface area contributed by atoms with Crippen LogP contribution in [0.25, 0.3) is 0 Å². The lowest BCUT2D eigenvalue weighted by Crippen LogP contribution is -2.38. The van der Waals surface area contributed by atoms with Crippen molar-refractivity contribution in [3.8, 4) is 0 Å². The average molecular weight is 206 g/mol. The number of rotatable bonds is 6. The second-order valence-electron chi connectivity index (χ2n) is 3.99. The second kappa shape index (κ2) is 6.59. The number of nitrogens with two attached hydrogens (primary N) is 1. The van der Waals surface area contributed by atoms with E-state index in [1.54, 1.807) is 0 Å². The van der Waals surface area contributed by atoms with Crippen LogP contribution in [0.4, 0.5) is 0 Å². The first kappa shape index (κ1) is 12.2. The predicted octanol–water partition coefficient (Wildman–Crippen LogP) is 1.90. The Kier molecular flexibility index (Phi) is 5.37. The van der Waals surface area contributed by atoms with Crippen molar-refractivity contribution in [1.29, 1.82) is 0 Å². The fourth-order valence-corrected chi connectivity index (χ4v) is 1.75. The molecule has 0 saturated heterocycles. The van der Waals surface area contributed by atoms with Crippen LogP contribution >= 0.6 is 0 Å². The highest BCUT2D eigenvalue weighted by molar-refractivity contribution is 5.14. The van der Waals surface area contributed by atoms with Gasteiger partial charge in [-0.05, 0) is 32.0 Å². The Labute approximate surface area is 93.1 Å². The summed E-state index contributed by atoms with van der Waals surface area (Å²) in [5.74, 6) is 0. The summed E-state index contributed by atoms with van der Waals surface area (Å²) in [6.45, 7) is 3.99. The monoisotopic (exact) mass is 206 g/mol. The highest BCUT2D eigenvalue weighted by Gasteiger charge is 2.10. The van der Waals surface area contributed by atoms with Gasteiger partial charge in [0.15, 0.2) is 0 Å². The van der Waals surface area contributed by atoms with Crippen LogP contribution < -0.4 is 5.73 Å². The van der Waals surface area contributed by atoms with Gasteiger partial charge < -0.3 is 10.6 Å². The summed E-state index contributed by atoms with van der Waals surface area (Å²) in [5.41, 5.74) is 7.17. The van der Waals surface area contributed by atoms with E-state index in [0.717, 1.165) is 25.9 Å². The average Bonchev–Trinajstić information content (AvgIpc) is 2.31. The molecule has 1 unspecified atom stereocenters. The van der Waals surface area contributed by atoms with E-state index in [4.69, 9.17) is 5.73 Å². The van der Waals surface area contributed by atoms with E-state index in [1.165, 1.54) is 5.56 Å². The first-order chi connectivity index (χ1) is 7.27. The maximum Gasteiger partial charge on any atom is 0.0218 e. The van der Waals surface area contributed by atoms with E-state index < -0.39 is 0 Å². The van der Waals surface area contributed by atoms with E-state index in [0.29, 0.717) is 6.04 Å². The maximum atomic E-state index is 5.77. The Morgan fingerprint density at radius 3 is 2.47 bits per heavy atom. The largest absolute Gasteiger partial charge is 0.329 e. The number of likely N-dealkylation sites (N-methyl/N-ethyl adjacent to an activating group) is 1. The molecule has 2 heteroatoms. The molecule has 1 rings (SSSR count). The number of hydrogen-bond acceptors (Lipinski definition) is 2. The Morgan fingerprint density at radius 2 is 1.93 bits per heavy atom. The summed E-state index contributed by atoms with van der Waals surface area (Å²) in [6.07, 6.45) is 2.26. The fourth-order valence-electron chi connectivity index (χ4n) is 1.75. The van der Waals surface area contributed by atoms with E-state index in [2.05, 4.69) is 49.2 Å². The van der Waals surface area contributed by atoms with Crippen LogP contribution in [-0.4, -0.2) is 31.1 Å². The third kappa shape index (κ3) is 4.02. The van der Waals surface area contributed by atoms with Gasteiger partial charge >= 0.3 is 0 Å². The molecule has 1 aromatic carbocycles. The molecular formula is C13H22N2. The topological polar surface area (TPSA) is 29.3 Å².